The number of para-hydroxylation sites is 1. The molecule has 0 spiro atoms. The number of nitrogens with one attached hydrogen (secondary N) is 1. The van der Waals surface area contributed by atoms with E-state index in [1.165, 1.54) is 4.57 Å². The number of aromatic nitrogens is 5. The lowest BCUT2D eigenvalue weighted by molar-refractivity contribution is -0.144. The minimum Gasteiger partial charge on any atom is -0.457 e. The molecule has 0 bridgehead atoms. The number of unbranched alkanes of at least 4 members (excludes halogenated alkanes) is 1. The van der Waals surface area contributed by atoms with Gasteiger partial charge in [-0.3, -0.25) is 19.1 Å². The molecule has 0 saturated heterocycles. The molecule has 1 N–H and O–H groups in total. The third kappa shape index (κ3) is 3.88. The highest BCUT2D eigenvalue weighted by atomic mass is 16.5. The number of rotatable bonds is 8. The first-order valence-corrected chi connectivity index (χ1v) is 10.2. The molecule has 0 fully saturated rings. The molecule has 0 amide bonds. The summed E-state index contributed by atoms with van der Waals surface area (Å²) in [6.45, 7) is 4.63. The molecule has 10 nitrogen and oxygen atoms in total. The van der Waals surface area contributed by atoms with Crippen LogP contribution in [0.15, 0.2) is 38.4 Å². The van der Waals surface area contributed by atoms with Crippen molar-refractivity contribution in [2.24, 2.45) is 0 Å². The molecule has 4 aromatic rings. The van der Waals surface area contributed by atoms with Crippen molar-refractivity contribution < 1.29 is 14.1 Å². The number of carbonyl (C=O) groups excluding carboxylic acids is 1. The molecule has 3 aromatic heterocycles. The summed E-state index contributed by atoms with van der Waals surface area (Å²) in [5.74, 6) is -0.0942. The van der Waals surface area contributed by atoms with Gasteiger partial charge in [0.15, 0.2) is 16.7 Å². The minimum atomic E-state index is -0.506. The average Bonchev–Trinajstić information content (AvgIpc) is 3.34. The quantitative estimate of drug-likeness (QED) is 0.429. The maximum Gasteiger partial charge on any atom is 0.330 e. The summed E-state index contributed by atoms with van der Waals surface area (Å²) in [6, 6.07) is 7.27. The number of aryl methyl sites for hydroxylation is 2. The summed E-state index contributed by atoms with van der Waals surface area (Å²) in [5, 5.41) is 4.70. The molecular weight excluding hydrogens is 402 g/mol. The Hall–Kier alpha value is -3.69. The van der Waals surface area contributed by atoms with Crippen molar-refractivity contribution in [1.82, 2.24) is 24.3 Å². The van der Waals surface area contributed by atoms with Crippen LogP contribution in [0.25, 0.3) is 22.1 Å². The normalized spacial score (nSPS) is 11.4. The molecule has 162 valence electrons. The predicted molar refractivity (Wildman–Crippen MR) is 113 cm³/mol. The Balaban J connectivity index is 1.59. The van der Waals surface area contributed by atoms with Gasteiger partial charge in [0.2, 0.25) is 0 Å². The Morgan fingerprint density at radius 2 is 2.00 bits per heavy atom. The molecule has 3 heterocycles. The van der Waals surface area contributed by atoms with Crippen LogP contribution in [-0.4, -0.2) is 30.2 Å². The second-order valence-electron chi connectivity index (χ2n) is 7.17. The van der Waals surface area contributed by atoms with Gasteiger partial charge >= 0.3 is 11.7 Å². The lowest BCUT2D eigenvalue weighted by Gasteiger charge is -2.07. The fourth-order valence-corrected chi connectivity index (χ4v) is 3.59. The van der Waals surface area contributed by atoms with Crippen molar-refractivity contribution >= 4 is 28.1 Å². The third-order valence-electron chi connectivity index (χ3n) is 5.14. The SMILES string of the molecule is CCCCn1c(=O)[nH]c(=O)c2c1nc(COC(=O)Cc1noc3ccccc13)n2CC. The second-order valence-corrected chi connectivity index (χ2v) is 7.17. The van der Waals surface area contributed by atoms with Crippen molar-refractivity contribution in [3.63, 3.8) is 0 Å². The van der Waals surface area contributed by atoms with E-state index in [2.05, 4.69) is 15.1 Å². The van der Waals surface area contributed by atoms with E-state index in [0.717, 1.165) is 18.2 Å². The summed E-state index contributed by atoms with van der Waals surface area (Å²) in [5.41, 5.74) is 0.697. The first-order chi connectivity index (χ1) is 15.0. The maximum absolute atomic E-state index is 12.4. The van der Waals surface area contributed by atoms with E-state index in [1.54, 1.807) is 10.6 Å². The number of hydrogen-bond acceptors (Lipinski definition) is 7. The number of H-pyrrole nitrogens is 1. The van der Waals surface area contributed by atoms with Crippen LogP contribution >= 0.6 is 0 Å². The van der Waals surface area contributed by atoms with Gasteiger partial charge in [0, 0.05) is 18.5 Å². The Labute approximate surface area is 176 Å². The number of esters is 1. The molecule has 0 saturated carbocycles. The summed E-state index contributed by atoms with van der Waals surface area (Å²) in [7, 11) is 0. The first-order valence-electron chi connectivity index (χ1n) is 10.2. The Morgan fingerprint density at radius 3 is 2.77 bits per heavy atom. The number of hydrogen-bond donors (Lipinski definition) is 1. The van der Waals surface area contributed by atoms with Gasteiger partial charge in [-0.25, -0.2) is 9.78 Å². The van der Waals surface area contributed by atoms with E-state index in [1.807, 2.05) is 32.0 Å². The summed E-state index contributed by atoms with van der Waals surface area (Å²) in [6.07, 6.45) is 1.61. The number of fused-ring (bicyclic) bond motifs is 2. The lowest BCUT2D eigenvalue weighted by atomic mass is 10.2. The van der Waals surface area contributed by atoms with Gasteiger partial charge in [-0.1, -0.05) is 30.6 Å². The molecule has 4 rings (SSSR count). The van der Waals surface area contributed by atoms with E-state index in [9.17, 15) is 14.4 Å². The summed E-state index contributed by atoms with van der Waals surface area (Å²) in [4.78, 5) is 43.9. The van der Waals surface area contributed by atoms with Crippen molar-refractivity contribution in [3.05, 3.63) is 56.6 Å². The number of ether oxygens (including phenoxy) is 1. The zero-order chi connectivity index (χ0) is 22.0. The highest BCUT2D eigenvalue weighted by molar-refractivity contribution is 5.84. The third-order valence-corrected chi connectivity index (χ3v) is 5.14. The molecule has 10 heteroatoms. The Morgan fingerprint density at radius 1 is 1.19 bits per heavy atom. The van der Waals surface area contributed by atoms with Crippen molar-refractivity contribution in [2.45, 2.75) is 52.8 Å². The van der Waals surface area contributed by atoms with Crippen LogP contribution in [0.1, 0.15) is 38.2 Å². The van der Waals surface area contributed by atoms with Gasteiger partial charge in [0.25, 0.3) is 5.56 Å². The minimum absolute atomic E-state index is 0.0504. The highest BCUT2D eigenvalue weighted by Crippen LogP contribution is 2.19. The van der Waals surface area contributed by atoms with Crippen LogP contribution in [0.5, 0.6) is 0 Å². The molecule has 0 aliphatic heterocycles. The van der Waals surface area contributed by atoms with E-state index in [0.29, 0.717) is 41.4 Å². The predicted octanol–water partition coefficient (Wildman–Crippen LogP) is 2.13. The highest BCUT2D eigenvalue weighted by Gasteiger charge is 2.19. The Kier molecular flexibility index (Phi) is 5.70. The van der Waals surface area contributed by atoms with E-state index in [-0.39, 0.29) is 13.0 Å². The zero-order valence-corrected chi connectivity index (χ0v) is 17.4. The van der Waals surface area contributed by atoms with Gasteiger partial charge in [-0.15, -0.1) is 0 Å². The number of aromatic amines is 1. The molecular formula is C21H23N5O5. The van der Waals surface area contributed by atoms with Crippen LogP contribution in [0.4, 0.5) is 0 Å². The standard InChI is InChI=1S/C21H23N5O5/c1-3-5-10-26-19-18(20(28)23-21(26)29)25(4-2)16(22-19)12-30-17(27)11-14-13-8-6-7-9-15(13)31-24-14/h6-9H,3-5,10-12H2,1-2H3,(H,23,28,29). The van der Waals surface area contributed by atoms with Crippen LogP contribution in [-0.2, 0) is 35.6 Å². The fourth-order valence-electron chi connectivity index (χ4n) is 3.59. The molecule has 0 atom stereocenters. The van der Waals surface area contributed by atoms with E-state index < -0.39 is 17.2 Å². The van der Waals surface area contributed by atoms with E-state index >= 15 is 0 Å². The van der Waals surface area contributed by atoms with Crippen LogP contribution < -0.4 is 11.2 Å². The van der Waals surface area contributed by atoms with E-state index in [4.69, 9.17) is 9.26 Å². The number of nitrogens with zero attached hydrogens (tertiary/aromatic N) is 4. The molecule has 1 aromatic carbocycles. The number of carbonyl (C=O) groups is 1. The Bertz CT molecular complexity index is 1360. The smallest absolute Gasteiger partial charge is 0.330 e. The van der Waals surface area contributed by atoms with Crippen molar-refractivity contribution in [1.29, 1.82) is 0 Å². The molecule has 31 heavy (non-hydrogen) atoms. The van der Waals surface area contributed by atoms with Gasteiger partial charge in [0.1, 0.15) is 18.1 Å². The van der Waals surface area contributed by atoms with Crippen molar-refractivity contribution in [3.8, 4) is 0 Å². The zero-order valence-electron chi connectivity index (χ0n) is 17.4. The maximum atomic E-state index is 12.4. The van der Waals surface area contributed by atoms with Gasteiger partial charge in [-0.2, -0.15) is 0 Å². The molecule has 0 aliphatic rings. The largest absolute Gasteiger partial charge is 0.457 e. The fraction of sp³-hybridized carbons (Fsp3) is 0.381. The summed E-state index contributed by atoms with van der Waals surface area (Å²) >= 11 is 0. The molecule has 0 aliphatic carbocycles. The lowest BCUT2D eigenvalue weighted by Crippen LogP contribution is -2.31. The molecule has 0 radical (unpaired) electrons. The second kappa shape index (κ2) is 8.58. The summed E-state index contributed by atoms with van der Waals surface area (Å²) < 4.78 is 13.7. The average molecular weight is 425 g/mol. The van der Waals surface area contributed by atoms with Crippen LogP contribution in [0.2, 0.25) is 0 Å². The number of imidazole rings is 1. The number of benzene rings is 1. The topological polar surface area (TPSA) is 125 Å². The van der Waals surface area contributed by atoms with Gasteiger partial charge < -0.3 is 13.8 Å². The monoisotopic (exact) mass is 425 g/mol. The molecule has 0 unspecified atom stereocenters. The van der Waals surface area contributed by atoms with Gasteiger partial charge in [-0.05, 0) is 25.5 Å². The van der Waals surface area contributed by atoms with Crippen LogP contribution in [0, 0.1) is 0 Å². The van der Waals surface area contributed by atoms with Crippen LogP contribution in [0.3, 0.4) is 0 Å². The van der Waals surface area contributed by atoms with Gasteiger partial charge in [0.05, 0.1) is 6.42 Å². The van der Waals surface area contributed by atoms with Crippen molar-refractivity contribution in [2.75, 3.05) is 0 Å². The first kappa shape index (κ1) is 20.6.